The van der Waals surface area contributed by atoms with Gasteiger partial charge in [-0.2, -0.15) is 10.4 Å². The summed E-state index contributed by atoms with van der Waals surface area (Å²) in [5.41, 5.74) is 2.99. The van der Waals surface area contributed by atoms with Crippen LogP contribution in [0.25, 0.3) is 0 Å². The lowest BCUT2D eigenvalue weighted by Gasteiger charge is -2.10. The molecule has 0 spiro atoms. The Morgan fingerprint density at radius 3 is 2.67 bits per heavy atom. The highest BCUT2D eigenvalue weighted by atomic mass is 35.5. The summed E-state index contributed by atoms with van der Waals surface area (Å²) in [6.07, 6.45) is 0. The quantitative estimate of drug-likeness (QED) is 0.686. The number of hydrogen-bond donors (Lipinski definition) is 1. The van der Waals surface area contributed by atoms with E-state index in [2.05, 4.69) is 10.1 Å². The molecule has 0 saturated heterocycles. The van der Waals surface area contributed by atoms with Gasteiger partial charge in [0.05, 0.1) is 17.5 Å². The van der Waals surface area contributed by atoms with Crippen LogP contribution < -0.4 is 5.56 Å². The van der Waals surface area contributed by atoms with Gasteiger partial charge in [0.25, 0.3) is 5.56 Å². The lowest BCUT2D eigenvalue weighted by molar-refractivity contribution is 0.103. The summed E-state index contributed by atoms with van der Waals surface area (Å²) in [6, 6.07) is 13.6. The van der Waals surface area contributed by atoms with Gasteiger partial charge in [0.2, 0.25) is 5.78 Å². The van der Waals surface area contributed by atoms with Crippen molar-refractivity contribution in [1.29, 1.82) is 5.26 Å². The molecule has 0 aliphatic carbocycles. The largest absolute Gasteiger partial charge is 0.355 e. The maximum Gasteiger partial charge on any atom is 0.267 e. The highest BCUT2D eigenvalue weighted by Crippen LogP contribution is 2.25. The third-order valence-electron chi connectivity index (χ3n) is 4.39. The van der Waals surface area contributed by atoms with Crippen LogP contribution in [-0.2, 0) is 6.54 Å². The third-order valence-corrected chi connectivity index (χ3v) is 4.64. The molecule has 7 heteroatoms. The summed E-state index contributed by atoms with van der Waals surface area (Å²) >= 11 is 5.88. The SMILES string of the molecule is Cc1cc(C(C)c2ccc(=O)n(CC#N)n2)[nH]c1C(=O)c1ccc(Cl)cc1. The number of nitriles is 1. The zero-order valence-corrected chi connectivity index (χ0v) is 15.6. The molecule has 0 aliphatic rings. The fraction of sp³-hybridized carbons (Fsp3) is 0.200. The standard InChI is InChI=1S/C20H17ClN4O2/c1-12-11-17(13(2)16-7-8-18(26)25(24-16)10-9-22)23-19(12)20(27)14-3-5-15(21)6-4-14/h3-8,11,13,23H,10H2,1-2H3. The highest BCUT2D eigenvalue weighted by molar-refractivity contribution is 6.30. The maximum atomic E-state index is 12.8. The Hall–Kier alpha value is -3.17. The fourth-order valence-electron chi connectivity index (χ4n) is 2.83. The van der Waals surface area contributed by atoms with Crippen LogP contribution in [0.2, 0.25) is 5.02 Å². The minimum Gasteiger partial charge on any atom is -0.355 e. The van der Waals surface area contributed by atoms with E-state index in [9.17, 15) is 9.59 Å². The van der Waals surface area contributed by atoms with Crippen LogP contribution >= 0.6 is 11.6 Å². The molecule has 0 saturated carbocycles. The summed E-state index contributed by atoms with van der Waals surface area (Å²) in [5.74, 6) is -0.300. The minimum absolute atomic E-state index is 0.108. The number of carbonyl (C=O) groups is 1. The molecule has 1 atom stereocenters. The van der Waals surface area contributed by atoms with E-state index in [-0.39, 0.29) is 23.8 Å². The highest BCUT2D eigenvalue weighted by Gasteiger charge is 2.19. The molecule has 1 N–H and O–H groups in total. The molecule has 27 heavy (non-hydrogen) atoms. The van der Waals surface area contributed by atoms with Crippen molar-refractivity contribution in [2.45, 2.75) is 26.3 Å². The number of rotatable bonds is 5. The van der Waals surface area contributed by atoms with Crippen molar-refractivity contribution in [2.24, 2.45) is 0 Å². The Labute approximate surface area is 161 Å². The van der Waals surface area contributed by atoms with Crippen LogP contribution in [-0.4, -0.2) is 20.5 Å². The molecule has 0 bridgehead atoms. The number of aryl methyl sites for hydroxylation is 1. The molecule has 1 aromatic carbocycles. The fourth-order valence-corrected chi connectivity index (χ4v) is 2.96. The van der Waals surface area contributed by atoms with Crippen molar-refractivity contribution >= 4 is 17.4 Å². The zero-order valence-electron chi connectivity index (χ0n) is 14.9. The first-order chi connectivity index (χ1) is 12.9. The number of aromatic amines is 1. The molecule has 3 aromatic rings. The molecule has 136 valence electrons. The van der Waals surface area contributed by atoms with Gasteiger partial charge in [0.1, 0.15) is 6.54 Å². The third kappa shape index (κ3) is 3.83. The first kappa shape index (κ1) is 18.6. The van der Waals surface area contributed by atoms with Crippen LogP contribution in [0.1, 0.15) is 45.8 Å². The normalized spacial score (nSPS) is 11.8. The second kappa shape index (κ2) is 7.60. The van der Waals surface area contributed by atoms with Crippen molar-refractivity contribution in [2.75, 3.05) is 0 Å². The van der Waals surface area contributed by atoms with Crippen molar-refractivity contribution in [3.8, 4) is 6.07 Å². The first-order valence-corrected chi connectivity index (χ1v) is 8.73. The van der Waals surface area contributed by atoms with Gasteiger partial charge in [-0.1, -0.05) is 18.5 Å². The molecule has 3 rings (SSSR count). The molecule has 2 aromatic heterocycles. The number of nitrogens with one attached hydrogen (secondary N) is 1. The van der Waals surface area contributed by atoms with Crippen LogP contribution in [0, 0.1) is 18.3 Å². The van der Waals surface area contributed by atoms with E-state index in [4.69, 9.17) is 16.9 Å². The molecule has 0 aliphatic heterocycles. The van der Waals surface area contributed by atoms with E-state index < -0.39 is 0 Å². The lowest BCUT2D eigenvalue weighted by atomic mass is 10.0. The summed E-state index contributed by atoms with van der Waals surface area (Å²) in [4.78, 5) is 27.7. The van der Waals surface area contributed by atoms with Gasteiger partial charge in [-0.25, -0.2) is 4.68 Å². The predicted octanol–water partition coefficient (Wildman–Crippen LogP) is 3.44. The first-order valence-electron chi connectivity index (χ1n) is 8.35. The Balaban J connectivity index is 1.93. The van der Waals surface area contributed by atoms with Gasteiger partial charge in [-0.15, -0.1) is 0 Å². The van der Waals surface area contributed by atoms with E-state index in [0.717, 1.165) is 15.9 Å². The summed E-state index contributed by atoms with van der Waals surface area (Å²) in [6.45, 7) is 3.68. The molecular weight excluding hydrogens is 364 g/mol. The van der Waals surface area contributed by atoms with Crippen molar-refractivity contribution < 1.29 is 4.79 Å². The number of nitrogens with zero attached hydrogens (tertiary/aromatic N) is 3. The molecule has 1 unspecified atom stereocenters. The van der Waals surface area contributed by atoms with Gasteiger partial charge >= 0.3 is 0 Å². The van der Waals surface area contributed by atoms with Gasteiger partial charge in [0, 0.05) is 28.3 Å². The Morgan fingerprint density at radius 2 is 2.00 bits per heavy atom. The number of benzene rings is 1. The molecule has 0 amide bonds. The smallest absolute Gasteiger partial charge is 0.267 e. The van der Waals surface area contributed by atoms with Gasteiger partial charge in [-0.3, -0.25) is 9.59 Å². The van der Waals surface area contributed by atoms with E-state index >= 15 is 0 Å². The molecule has 2 heterocycles. The Morgan fingerprint density at radius 1 is 1.30 bits per heavy atom. The second-order valence-electron chi connectivity index (χ2n) is 6.25. The van der Waals surface area contributed by atoms with E-state index in [1.165, 1.54) is 6.07 Å². The van der Waals surface area contributed by atoms with Gasteiger partial charge in [0.15, 0.2) is 0 Å². The van der Waals surface area contributed by atoms with Gasteiger partial charge in [-0.05, 0) is 48.9 Å². The molecule has 0 radical (unpaired) electrons. The number of aromatic nitrogens is 3. The number of carbonyl (C=O) groups excluding carboxylic acids is 1. The average Bonchev–Trinajstić information content (AvgIpc) is 3.05. The summed E-state index contributed by atoms with van der Waals surface area (Å²) < 4.78 is 1.13. The van der Waals surface area contributed by atoms with E-state index in [1.807, 2.05) is 26.0 Å². The van der Waals surface area contributed by atoms with Crippen molar-refractivity contribution in [3.05, 3.63) is 86.0 Å². The Kier molecular flexibility index (Phi) is 5.24. The average molecular weight is 381 g/mol. The number of hydrogen-bond acceptors (Lipinski definition) is 4. The van der Waals surface area contributed by atoms with Crippen molar-refractivity contribution in [1.82, 2.24) is 14.8 Å². The number of ketones is 1. The Bertz CT molecular complexity index is 1090. The van der Waals surface area contributed by atoms with Crippen LogP contribution in [0.15, 0.2) is 47.3 Å². The van der Waals surface area contributed by atoms with Gasteiger partial charge < -0.3 is 4.98 Å². The monoisotopic (exact) mass is 380 g/mol. The predicted molar refractivity (Wildman–Crippen MR) is 102 cm³/mol. The maximum absolute atomic E-state index is 12.8. The molecular formula is C20H17ClN4O2. The van der Waals surface area contributed by atoms with Crippen LogP contribution in [0.5, 0.6) is 0 Å². The van der Waals surface area contributed by atoms with E-state index in [0.29, 0.717) is 22.0 Å². The molecule has 0 fully saturated rings. The van der Waals surface area contributed by atoms with Crippen LogP contribution in [0.4, 0.5) is 0 Å². The van der Waals surface area contributed by atoms with E-state index in [1.54, 1.807) is 30.3 Å². The lowest BCUT2D eigenvalue weighted by Crippen LogP contribution is -2.23. The number of H-pyrrole nitrogens is 1. The molecule has 6 nitrogen and oxygen atoms in total. The summed E-state index contributed by atoms with van der Waals surface area (Å²) in [7, 11) is 0. The minimum atomic E-state index is -0.325. The number of halogens is 1. The summed E-state index contributed by atoms with van der Waals surface area (Å²) in [5, 5.41) is 13.6. The van der Waals surface area contributed by atoms with Crippen molar-refractivity contribution in [3.63, 3.8) is 0 Å². The topological polar surface area (TPSA) is 91.5 Å². The van der Waals surface area contributed by atoms with Crippen LogP contribution in [0.3, 0.4) is 0 Å². The zero-order chi connectivity index (χ0) is 19.6. The second-order valence-corrected chi connectivity index (χ2v) is 6.69.